The molecule has 0 amide bonds. The SMILES string of the molecule is COC(=O)c1cccc(Cn2cc(-c3ccc([C@H]4O[C@H](CO)[C@@H](O)[C@H](O)[C@H]4O)cc3)nn2)c1. The number of benzene rings is 2. The molecule has 1 aliphatic rings. The Morgan fingerprint density at radius 1 is 1.09 bits per heavy atom. The molecule has 1 aromatic heterocycles. The van der Waals surface area contributed by atoms with Gasteiger partial charge in [0.05, 0.1) is 32.0 Å². The summed E-state index contributed by atoms with van der Waals surface area (Å²) < 4.78 is 12.0. The molecule has 5 atom stereocenters. The Balaban J connectivity index is 1.48. The lowest BCUT2D eigenvalue weighted by atomic mass is 9.91. The maximum absolute atomic E-state index is 11.7. The van der Waals surface area contributed by atoms with Crippen molar-refractivity contribution in [3.8, 4) is 11.3 Å². The van der Waals surface area contributed by atoms with Crippen molar-refractivity contribution in [2.24, 2.45) is 0 Å². The highest BCUT2D eigenvalue weighted by atomic mass is 16.5. The van der Waals surface area contributed by atoms with E-state index in [1.165, 1.54) is 7.11 Å². The lowest BCUT2D eigenvalue weighted by molar-refractivity contribution is -0.231. The van der Waals surface area contributed by atoms with Crippen molar-refractivity contribution in [2.75, 3.05) is 13.7 Å². The van der Waals surface area contributed by atoms with E-state index in [2.05, 4.69) is 10.3 Å². The number of carbonyl (C=O) groups is 1. The van der Waals surface area contributed by atoms with Gasteiger partial charge in [-0.25, -0.2) is 9.48 Å². The van der Waals surface area contributed by atoms with Crippen LogP contribution in [0, 0.1) is 0 Å². The van der Waals surface area contributed by atoms with E-state index in [4.69, 9.17) is 9.47 Å². The Morgan fingerprint density at radius 3 is 2.55 bits per heavy atom. The van der Waals surface area contributed by atoms with Crippen molar-refractivity contribution >= 4 is 5.97 Å². The molecular weight excluding hydrogens is 430 g/mol. The van der Waals surface area contributed by atoms with Crippen molar-refractivity contribution in [2.45, 2.75) is 37.1 Å². The number of aromatic nitrogens is 3. The molecule has 4 N–H and O–H groups in total. The number of rotatable bonds is 6. The molecule has 10 heteroatoms. The summed E-state index contributed by atoms with van der Waals surface area (Å²) in [5.74, 6) is -0.407. The van der Waals surface area contributed by atoms with Crippen LogP contribution in [0.5, 0.6) is 0 Å². The molecule has 0 radical (unpaired) electrons. The largest absolute Gasteiger partial charge is 0.465 e. The summed E-state index contributed by atoms with van der Waals surface area (Å²) >= 11 is 0. The molecule has 0 saturated carbocycles. The van der Waals surface area contributed by atoms with Gasteiger partial charge in [0.25, 0.3) is 0 Å². The van der Waals surface area contributed by atoms with E-state index in [0.29, 0.717) is 23.4 Å². The first kappa shape index (κ1) is 23.0. The third kappa shape index (κ3) is 4.80. The van der Waals surface area contributed by atoms with Gasteiger partial charge in [-0.15, -0.1) is 5.10 Å². The molecule has 1 fully saturated rings. The number of carbonyl (C=O) groups excluding carboxylic acids is 1. The molecular formula is C23H25N3O7. The van der Waals surface area contributed by atoms with Crippen molar-refractivity contribution in [1.29, 1.82) is 0 Å². The molecule has 33 heavy (non-hydrogen) atoms. The topological polar surface area (TPSA) is 147 Å². The van der Waals surface area contributed by atoms with Gasteiger partial charge in [0.15, 0.2) is 0 Å². The minimum Gasteiger partial charge on any atom is -0.465 e. The van der Waals surface area contributed by atoms with Crippen LogP contribution in [-0.2, 0) is 16.0 Å². The lowest BCUT2D eigenvalue weighted by Crippen LogP contribution is -2.55. The van der Waals surface area contributed by atoms with Crippen LogP contribution >= 0.6 is 0 Å². The number of aliphatic hydroxyl groups excluding tert-OH is 4. The van der Waals surface area contributed by atoms with Crippen LogP contribution in [0.1, 0.15) is 27.6 Å². The first-order valence-electron chi connectivity index (χ1n) is 10.4. The van der Waals surface area contributed by atoms with Crippen molar-refractivity contribution < 1.29 is 34.7 Å². The van der Waals surface area contributed by atoms with Crippen LogP contribution in [0.2, 0.25) is 0 Å². The van der Waals surface area contributed by atoms with E-state index in [9.17, 15) is 25.2 Å². The van der Waals surface area contributed by atoms with Crippen LogP contribution in [0.25, 0.3) is 11.3 Å². The highest BCUT2D eigenvalue weighted by Gasteiger charge is 2.43. The third-order valence-corrected chi connectivity index (χ3v) is 5.66. The zero-order valence-corrected chi connectivity index (χ0v) is 17.9. The van der Waals surface area contributed by atoms with Gasteiger partial charge in [-0.2, -0.15) is 0 Å². The van der Waals surface area contributed by atoms with Gasteiger partial charge in [-0.05, 0) is 23.3 Å². The Morgan fingerprint density at radius 2 is 1.85 bits per heavy atom. The van der Waals surface area contributed by atoms with Crippen LogP contribution in [0.4, 0.5) is 0 Å². The van der Waals surface area contributed by atoms with Gasteiger partial charge in [0.1, 0.15) is 36.2 Å². The van der Waals surface area contributed by atoms with Crippen molar-refractivity contribution in [1.82, 2.24) is 15.0 Å². The van der Waals surface area contributed by atoms with Crippen LogP contribution < -0.4 is 0 Å². The molecule has 3 aromatic rings. The predicted molar refractivity (Wildman–Crippen MR) is 115 cm³/mol. The number of esters is 1. The summed E-state index contributed by atoms with van der Waals surface area (Å²) in [6.45, 7) is -0.0635. The molecule has 10 nitrogen and oxygen atoms in total. The lowest BCUT2D eigenvalue weighted by Gasteiger charge is -2.40. The zero-order chi connectivity index (χ0) is 23.5. The fourth-order valence-corrected chi connectivity index (χ4v) is 3.83. The highest BCUT2D eigenvalue weighted by molar-refractivity contribution is 5.89. The predicted octanol–water partition coefficient (Wildman–Crippen LogP) is 0.295. The number of ether oxygens (including phenoxy) is 2. The molecule has 0 spiro atoms. The van der Waals surface area contributed by atoms with Crippen LogP contribution in [-0.4, -0.2) is 79.5 Å². The van der Waals surface area contributed by atoms with Crippen LogP contribution in [0.15, 0.2) is 54.7 Å². The summed E-state index contributed by atoms with van der Waals surface area (Å²) in [5.41, 5.74) is 3.31. The zero-order valence-electron chi connectivity index (χ0n) is 17.9. The smallest absolute Gasteiger partial charge is 0.337 e. The number of nitrogens with zero attached hydrogens (tertiary/aromatic N) is 3. The molecule has 4 rings (SSSR count). The fourth-order valence-electron chi connectivity index (χ4n) is 3.83. The molecule has 0 bridgehead atoms. The van der Waals surface area contributed by atoms with Crippen molar-refractivity contribution in [3.63, 3.8) is 0 Å². The first-order valence-corrected chi connectivity index (χ1v) is 10.4. The summed E-state index contributed by atoms with van der Waals surface area (Å²) in [4.78, 5) is 11.7. The molecule has 2 heterocycles. The maximum Gasteiger partial charge on any atom is 0.337 e. The van der Waals surface area contributed by atoms with Crippen molar-refractivity contribution in [3.05, 3.63) is 71.4 Å². The second-order valence-electron chi connectivity index (χ2n) is 7.86. The molecule has 0 aliphatic carbocycles. The molecule has 0 unspecified atom stereocenters. The highest BCUT2D eigenvalue weighted by Crippen LogP contribution is 2.33. The molecule has 1 saturated heterocycles. The Kier molecular flexibility index (Phi) is 6.82. The Labute approximate surface area is 189 Å². The summed E-state index contributed by atoms with van der Waals surface area (Å²) in [7, 11) is 1.33. The summed E-state index contributed by atoms with van der Waals surface area (Å²) in [6.07, 6.45) is -4.26. The Hall–Kier alpha value is -3.15. The average molecular weight is 455 g/mol. The van der Waals surface area contributed by atoms with E-state index >= 15 is 0 Å². The van der Waals surface area contributed by atoms with Gasteiger partial charge in [-0.1, -0.05) is 41.6 Å². The summed E-state index contributed by atoms with van der Waals surface area (Å²) in [5, 5.41) is 48.0. The molecule has 1 aliphatic heterocycles. The quantitative estimate of drug-likeness (QED) is 0.385. The maximum atomic E-state index is 11.7. The van der Waals surface area contributed by atoms with E-state index in [1.807, 2.05) is 6.07 Å². The number of hydrogen-bond acceptors (Lipinski definition) is 9. The third-order valence-electron chi connectivity index (χ3n) is 5.66. The van der Waals surface area contributed by atoms with E-state index in [1.54, 1.807) is 53.3 Å². The number of aliphatic hydroxyl groups is 4. The van der Waals surface area contributed by atoms with Gasteiger partial charge in [-0.3, -0.25) is 0 Å². The van der Waals surface area contributed by atoms with Gasteiger partial charge in [0.2, 0.25) is 0 Å². The van der Waals surface area contributed by atoms with Gasteiger partial charge < -0.3 is 29.9 Å². The van der Waals surface area contributed by atoms with E-state index in [-0.39, 0.29) is 0 Å². The van der Waals surface area contributed by atoms with Gasteiger partial charge >= 0.3 is 5.97 Å². The molecule has 2 aromatic carbocycles. The van der Waals surface area contributed by atoms with E-state index < -0.39 is 43.1 Å². The van der Waals surface area contributed by atoms with E-state index in [0.717, 1.165) is 11.1 Å². The number of methoxy groups -OCH3 is 1. The van der Waals surface area contributed by atoms with Gasteiger partial charge in [0, 0.05) is 5.56 Å². The standard InChI is InChI=1S/C23H25N3O7/c1-32-23(31)16-4-2-3-13(9-16)10-26-11-17(24-25-26)14-5-7-15(8-6-14)22-21(30)20(29)19(28)18(12-27)33-22/h2-9,11,18-22,27-30H,10,12H2,1H3/t18-,19-,20+,21-,22-/m1/s1. The fraction of sp³-hybridized carbons (Fsp3) is 0.348. The average Bonchev–Trinajstić information content (AvgIpc) is 3.31. The summed E-state index contributed by atoms with van der Waals surface area (Å²) in [6, 6.07) is 14.1. The second-order valence-corrected chi connectivity index (χ2v) is 7.86. The minimum absolute atomic E-state index is 0.407. The molecule has 174 valence electrons. The first-order chi connectivity index (χ1) is 15.9. The second kappa shape index (κ2) is 9.77. The van der Waals surface area contributed by atoms with Crippen LogP contribution in [0.3, 0.4) is 0 Å². The normalized spacial score (nSPS) is 25.1. The minimum atomic E-state index is -1.43. The Bertz CT molecular complexity index is 1100. The number of hydrogen-bond donors (Lipinski definition) is 4. The monoisotopic (exact) mass is 455 g/mol.